The second kappa shape index (κ2) is 6.78. The Morgan fingerprint density at radius 1 is 1.26 bits per heavy atom. The van der Waals surface area contributed by atoms with Gasteiger partial charge in [-0.2, -0.15) is 0 Å². The van der Waals surface area contributed by atoms with E-state index in [-0.39, 0.29) is 0 Å². The van der Waals surface area contributed by atoms with Crippen molar-refractivity contribution in [2.75, 3.05) is 7.11 Å². The molecular formula is C15H13BrO2S. The van der Waals surface area contributed by atoms with Crippen LogP contribution >= 0.6 is 27.7 Å². The molecule has 0 aliphatic carbocycles. The third kappa shape index (κ3) is 3.85. The molecule has 0 spiro atoms. The molecule has 0 saturated heterocycles. The van der Waals surface area contributed by atoms with Crippen molar-refractivity contribution in [1.29, 1.82) is 0 Å². The molecule has 0 atom stereocenters. The molecule has 4 heteroatoms. The van der Waals surface area contributed by atoms with Crippen LogP contribution in [0.3, 0.4) is 0 Å². The van der Waals surface area contributed by atoms with Gasteiger partial charge in [-0.15, -0.1) is 11.8 Å². The van der Waals surface area contributed by atoms with E-state index in [1.165, 1.54) is 0 Å². The van der Waals surface area contributed by atoms with Crippen molar-refractivity contribution in [1.82, 2.24) is 0 Å². The van der Waals surface area contributed by atoms with E-state index in [2.05, 4.69) is 22.0 Å². The van der Waals surface area contributed by atoms with Crippen LogP contribution in [-0.2, 0) is 5.75 Å². The maximum absolute atomic E-state index is 10.7. The van der Waals surface area contributed by atoms with Crippen LogP contribution in [0.4, 0.5) is 0 Å². The van der Waals surface area contributed by atoms with E-state index in [9.17, 15) is 4.79 Å². The van der Waals surface area contributed by atoms with Crippen molar-refractivity contribution < 1.29 is 9.53 Å². The lowest BCUT2D eigenvalue weighted by Gasteiger charge is -2.09. The number of thioether (sulfide) groups is 1. The SMILES string of the molecule is COc1ccc(Br)cc1CSc1cccc(C=O)c1. The lowest BCUT2D eigenvalue weighted by Crippen LogP contribution is -1.90. The molecule has 2 aromatic carbocycles. The minimum absolute atomic E-state index is 0.700. The van der Waals surface area contributed by atoms with E-state index in [4.69, 9.17) is 4.74 Å². The molecule has 2 aromatic rings. The molecule has 0 aliphatic rings. The summed E-state index contributed by atoms with van der Waals surface area (Å²) in [6, 6.07) is 13.5. The zero-order valence-corrected chi connectivity index (χ0v) is 12.8. The highest BCUT2D eigenvalue weighted by Gasteiger charge is 2.05. The monoisotopic (exact) mass is 336 g/mol. The molecule has 0 saturated carbocycles. The largest absolute Gasteiger partial charge is 0.496 e. The first-order valence-corrected chi connectivity index (χ1v) is 7.51. The number of ether oxygens (including phenoxy) is 1. The van der Waals surface area contributed by atoms with Crippen LogP contribution in [0.2, 0.25) is 0 Å². The topological polar surface area (TPSA) is 26.3 Å². The van der Waals surface area contributed by atoms with Gasteiger partial charge in [-0.1, -0.05) is 28.1 Å². The number of carbonyl (C=O) groups is 1. The molecule has 19 heavy (non-hydrogen) atoms. The van der Waals surface area contributed by atoms with Crippen LogP contribution < -0.4 is 4.74 Å². The Morgan fingerprint density at radius 2 is 2.11 bits per heavy atom. The smallest absolute Gasteiger partial charge is 0.150 e. The highest BCUT2D eigenvalue weighted by molar-refractivity contribution is 9.10. The fourth-order valence-electron chi connectivity index (χ4n) is 1.70. The minimum Gasteiger partial charge on any atom is -0.496 e. The van der Waals surface area contributed by atoms with Gasteiger partial charge in [0.25, 0.3) is 0 Å². The van der Waals surface area contributed by atoms with Gasteiger partial charge in [0.2, 0.25) is 0 Å². The van der Waals surface area contributed by atoms with E-state index < -0.39 is 0 Å². The van der Waals surface area contributed by atoms with Gasteiger partial charge < -0.3 is 4.74 Å². The molecule has 2 rings (SSSR count). The van der Waals surface area contributed by atoms with Gasteiger partial charge >= 0.3 is 0 Å². The quantitative estimate of drug-likeness (QED) is 0.591. The Kier molecular flexibility index (Phi) is 5.05. The summed E-state index contributed by atoms with van der Waals surface area (Å²) in [6.07, 6.45) is 0.865. The summed E-state index contributed by atoms with van der Waals surface area (Å²) in [5.41, 5.74) is 1.82. The first kappa shape index (κ1) is 14.2. The molecule has 2 nitrogen and oxygen atoms in total. The Balaban J connectivity index is 2.13. The number of hydrogen-bond donors (Lipinski definition) is 0. The predicted molar refractivity (Wildman–Crippen MR) is 82.1 cm³/mol. The molecular weight excluding hydrogens is 324 g/mol. The lowest BCUT2D eigenvalue weighted by atomic mass is 10.2. The van der Waals surface area contributed by atoms with Crippen LogP contribution in [0.25, 0.3) is 0 Å². The van der Waals surface area contributed by atoms with Crippen molar-refractivity contribution in [2.24, 2.45) is 0 Å². The van der Waals surface area contributed by atoms with Crippen molar-refractivity contribution in [3.8, 4) is 5.75 Å². The standard InChI is InChI=1S/C15H13BrO2S/c1-18-15-6-5-13(16)8-12(15)10-19-14-4-2-3-11(7-14)9-17/h2-9H,10H2,1H3. The first-order valence-electron chi connectivity index (χ1n) is 5.73. The van der Waals surface area contributed by atoms with E-state index in [1.54, 1.807) is 24.9 Å². The summed E-state index contributed by atoms with van der Waals surface area (Å²) >= 11 is 5.14. The van der Waals surface area contributed by atoms with Crippen molar-refractivity contribution in [3.63, 3.8) is 0 Å². The van der Waals surface area contributed by atoms with Crippen LogP contribution in [-0.4, -0.2) is 13.4 Å². The van der Waals surface area contributed by atoms with Gasteiger partial charge in [0.05, 0.1) is 7.11 Å². The molecule has 0 fully saturated rings. The van der Waals surface area contributed by atoms with E-state index in [0.29, 0.717) is 5.56 Å². The summed E-state index contributed by atoms with van der Waals surface area (Å²) in [5.74, 6) is 1.67. The normalized spacial score (nSPS) is 10.2. The summed E-state index contributed by atoms with van der Waals surface area (Å²) in [6.45, 7) is 0. The summed E-state index contributed by atoms with van der Waals surface area (Å²) in [5, 5.41) is 0. The molecule has 0 N–H and O–H groups in total. The number of halogens is 1. The van der Waals surface area contributed by atoms with Gasteiger partial charge in [-0.25, -0.2) is 0 Å². The fourth-order valence-corrected chi connectivity index (χ4v) is 3.05. The maximum Gasteiger partial charge on any atom is 0.150 e. The van der Waals surface area contributed by atoms with Crippen molar-refractivity contribution in [2.45, 2.75) is 10.6 Å². The van der Waals surface area contributed by atoms with Crippen molar-refractivity contribution in [3.05, 3.63) is 58.1 Å². The van der Waals surface area contributed by atoms with Gasteiger partial charge in [0.1, 0.15) is 12.0 Å². The Labute approximate surface area is 125 Å². The molecule has 0 bridgehead atoms. The average molecular weight is 337 g/mol. The highest BCUT2D eigenvalue weighted by Crippen LogP contribution is 2.30. The van der Waals surface area contributed by atoms with E-state index >= 15 is 0 Å². The summed E-state index contributed by atoms with van der Waals surface area (Å²) in [4.78, 5) is 11.8. The lowest BCUT2D eigenvalue weighted by molar-refractivity contribution is 0.112. The number of hydrogen-bond acceptors (Lipinski definition) is 3. The molecule has 0 unspecified atom stereocenters. The number of methoxy groups -OCH3 is 1. The molecule has 0 aromatic heterocycles. The second-order valence-corrected chi connectivity index (χ2v) is 5.90. The Morgan fingerprint density at radius 3 is 2.84 bits per heavy atom. The second-order valence-electron chi connectivity index (χ2n) is 3.94. The zero-order valence-electron chi connectivity index (χ0n) is 10.4. The number of benzene rings is 2. The zero-order chi connectivity index (χ0) is 13.7. The third-order valence-electron chi connectivity index (χ3n) is 2.63. The van der Waals surface area contributed by atoms with Gasteiger partial charge in [0, 0.05) is 26.2 Å². The van der Waals surface area contributed by atoms with Gasteiger partial charge in [0.15, 0.2) is 0 Å². The summed E-state index contributed by atoms with van der Waals surface area (Å²) in [7, 11) is 1.67. The Hall–Kier alpha value is -1.26. The predicted octanol–water partition coefficient (Wildman–Crippen LogP) is 4.56. The van der Waals surface area contributed by atoms with Crippen LogP contribution in [0.1, 0.15) is 15.9 Å². The van der Waals surface area contributed by atoms with Crippen LogP contribution in [0, 0.1) is 0 Å². The molecule has 0 aliphatic heterocycles. The van der Waals surface area contributed by atoms with Crippen molar-refractivity contribution >= 4 is 34.0 Å². The first-order chi connectivity index (χ1) is 9.22. The number of aldehydes is 1. The average Bonchev–Trinajstić information content (AvgIpc) is 2.45. The van der Waals surface area contributed by atoms with Crippen LogP contribution in [0.15, 0.2) is 51.8 Å². The molecule has 0 heterocycles. The maximum atomic E-state index is 10.7. The fraction of sp³-hybridized carbons (Fsp3) is 0.133. The van der Waals surface area contributed by atoms with Gasteiger partial charge in [-0.3, -0.25) is 4.79 Å². The molecule has 0 radical (unpaired) electrons. The number of rotatable bonds is 5. The van der Waals surface area contributed by atoms with E-state index in [1.807, 2.05) is 30.3 Å². The molecule has 98 valence electrons. The minimum atomic E-state index is 0.700. The Bertz CT molecular complexity index is 584. The summed E-state index contributed by atoms with van der Waals surface area (Å²) < 4.78 is 6.38. The van der Waals surface area contributed by atoms with Crippen LogP contribution in [0.5, 0.6) is 5.75 Å². The number of carbonyl (C=O) groups excluding carboxylic acids is 1. The van der Waals surface area contributed by atoms with E-state index in [0.717, 1.165) is 32.7 Å². The van der Waals surface area contributed by atoms with Gasteiger partial charge in [-0.05, 0) is 30.3 Å². The molecule has 0 amide bonds. The highest BCUT2D eigenvalue weighted by atomic mass is 79.9. The third-order valence-corrected chi connectivity index (χ3v) is 4.17.